The van der Waals surface area contributed by atoms with Gasteiger partial charge in [-0.25, -0.2) is 4.98 Å². The van der Waals surface area contributed by atoms with Crippen LogP contribution in [0.1, 0.15) is 11.3 Å². The van der Waals surface area contributed by atoms with Crippen molar-refractivity contribution in [2.24, 2.45) is 0 Å². The highest BCUT2D eigenvalue weighted by atomic mass is 32.2. The van der Waals surface area contributed by atoms with Gasteiger partial charge < -0.3 is 10.1 Å². The van der Waals surface area contributed by atoms with Crippen molar-refractivity contribution in [3.63, 3.8) is 0 Å². The molecule has 3 rings (SSSR count). The Morgan fingerprint density at radius 3 is 3.12 bits per heavy atom. The highest BCUT2D eigenvalue weighted by Crippen LogP contribution is 2.13. The summed E-state index contributed by atoms with van der Waals surface area (Å²) in [7, 11) is 0. The number of aromatic nitrogens is 2. The van der Waals surface area contributed by atoms with E-state index in [1.807, 2.05) is 36.6 Å². The summed E-state index contributed by atoms with van der Waals surface area (Å²) in [4.78, 5) is 28.9. The standard InChI is InChI=1S/C18H19N3O3S2/c1-13-3-2-4-15(9-13)24-7-5-19-16(22)12-25-11-14-10-17(23)21-6-8-26-18(21)20-14/h2-4,6,8-10H,5,7,11-12H2,1H3,(H,19,22). The van der Waals surface area contributed by atoms with E-state index in [1.54, 1.807) is 6.20 Å². The van der Waals surface area contributed by atoms with E-state index in [0.29, 0.717) is 35.3 Å². The molecule has 8 heteroatoms. The van der Waals surface area contributed by atoms with Gasteiger partial charge >= 0.3 is 0 Å². The van der Waals surface area contributed by atoms with Gasteiger partial charge in [0.15, 0.2) is 4.96 Å². The lowest BCUT2D eigenvalue weighted by Gasteiger charge is -2.08. The number of aryl methyl sites for hydroxylation is 1. The van der Waals surface area contributed by atoms with Crippen LogP contribution in [-0.2, 0) is 10.5 Å². The van der Waals surface area contributed by atoms with Gasteiger partial charge in [0.1, 0.15) is 12.4 Å². The molecule has 1 aromatic carbocycles. The number of amides is 1. The molecule has 0 radical (unpaired) electrons. The molecule has 2 aromatic heterocycles. The molecular weight excluding hydrogens is 370 g/mol. The first kappa shape index (κ1) is 18.5. The Morgan fingerprint density at radius 1 is 1.38 bits per heavy atom. The Kier molecular flexibility index (Phi) is 6.30. The second kappa shape index (κ2) is 8.86. The minimum absolute atomic E-state index is 0.0586. The summed E-state index contributed by atoms with van der Waals surface area (Å²) in [5.74, 6) is 1.58. The molecule has 1 amide bonds. The van der Waals surface area contributed by atoms with E-state index in [2.05, 4.69) is 10.3 Å². The third-order valence-electron chi connectivity index (χ3n) is 3.52. The van der Waals surface area contributed by atoms with Crippen molar-refractivity contribution < 1.29 is 9.53 Å². The zero-order valence-electron chi connectivity index (χ0n) is 14.3. The number of thioether (sulfide) groups is 1. The highest BCUT2D eigenvalue weighted by Gasteiger charge is 2.06. The Morgan fingerprint density at radius 2 is 2.27 bits per heavy atom. The molecule has 26 heavy (non-hydrogen) atoms. The van der Waals surface area contributed by atoms with Crippen LogP contribution in [0.2, 0.25) is 0 Å². The molecule has 0 atom stereocenters. The Bertz CT molecular complexity index is 952. The maximum Gasteiger partial charge on any atom is 0.258 e. The van der Waals surface area contributed by atoms with Gasteiger partial charge in [-0.3, -0.25) is 14.0 Å². The summed E-state index contributed by atoms with van der Waals surface area (Å²) < 4.78 is 7.10. The fraction of sp³-hybridized carbons (Fsp3) is 0.278. The number of carbonyl (C=O) groups excluding carboxylic acids is 1. The molecule has 0 aliphatic rings. The summed E-state index contributed by atoms with van der Waals surface area (Å²) >= 11 is 2.85. The lowest BCUT2D eigenvalue weighted by molar-refractivity contribution is -0.118. The second-order valence-electron chi connectivity index (χ2n) is 5.65. The molecule has 0 saturated heterocycles. The number of ether oxygens (including phenoxy) is 1. The van der Waals surface area contributed by atoms with Crippen LogP contribution in [0.5, 0.6) is 5.75 Å². The fourth-order valence-corrected chi connectivity index (χ4v) is 3.81. The molecule has 1 N–H and O–H groups in total. The summed E-state index contributed by atoms with van der Waals surface area (Å²) in [5.41, 5.74) is 1.74. The minimum atomic E-state index is -0.0930. The van der Waals surface area contributed by atoms with Crippen LogP contribution in [0, 0.1) is 6.92 Å². The largest absolute Gasteiger partial charge is 0.492 e. The van der Waals surface area contributed by atoms with Crippen LogP contribution >= 0.6 is 23.1 Å². The van der Waals surface area contributed by atoms with Crippen LogP contribution in [0.15, 0.2) is 46.7 Å². The van der Waals surface area contributed by atoms with Crippen LogP contribution in [0.25, 0.3) is 4.96 Å². The van der Waals surface area contributed by atoms with Crippen LogP contribution in [-0.4, -0.2) is 34.2 Å². The monoisotopic (exact) mass is 389 g/mol. The zero-order valence-corrected chi connectivity index (χ0v) is 15.9. The maximum absolute atomic E-state index is 11.9. The molecule has 0 aliphatic carbocycles. The number of thiazole rings is 1. The molecule has 6 nitrogen and oxygen atoms in total. The van der Waals surface area contributed by atoms with Gasteiger partial charge in [-0.15, -0.1) is 23.1 Å². The lowest BCUT2D eigenvalue weighted by atomic mass is 10.2. The smallest absolute Gasteiger partial charge is 0.258 e. The van der Waals surface area contributed by atoms with Crippen molar-refractivity contribution in [1.82, 2.24) is 14.7 Å². The number of hydrogen-bond donors (Lipinski definition) is 1. The second-order valence-corrected chi connectivity index (χ2v) is 7.51. The van der Waals surface area contributed by atoms with Gasteiger partial charge in [-0.05, 0) is 24.6 Å². The van der Waals surface area contributed by atoms with E-state index >= 15 is 0 Å². The summed E-state index contributed by atoms with van der Waals surface area (Å²) in [5, 5.41) is 4.65. The Hall–Kier alpha value is -2.32. The number of hydrogen-bond acceptors (Lipinski definition) is 6. The molecule has 0 saturated carbocycles. The quantitative estimate of drug-likeness (QED) is 0.599. The predicted octanol–water partition coefficient (Wildman–Crippen LogP) is 2.49. The molecular formula is C18H19N3O3S2. The maximum atomic E-state index is 11.9. The van der Waals surface area contributed by atoms with Crippen LogP contribution in [0.4, 0.5) is 0 Å². The van der Waals surface area contributed by atoms with Crippen molar-refractivity contribution in [3.05, 3.63) is 63.5 Å². The van der Waals surface area contributed by atoms with Gasteiger partial charge in [0, 0.05) is 23.4 Å². The first-order valence-electron chi connectivity index (χ1n) is 8.11. The van der Waals surface area contributed by atoms with Crippen molar-refractivity contribution in [2.45, 2.75) is 12.7 Å². The van der Waals surface area contributed by atoms with Crippen molar-refractivity contribution in [1.29, 1.82) is 0 Å². The zero-order chi connectivity index (χ0) is 18.4. The molecule has 0 fully saturated rings. The molecule has 136 valence electrons. The lowest BCUT2D eigenvalue weighted by Crippen LogP contribution is -2.29. The molecule has 0 spiro atoms. The summed E-state index contributed by atoms with van der Waals surface area (Å²) in [6.07, 6.45) is 1.71. The van der Waals surface area contributed by atoms with Gasteiger partial charge in [0.2, 0.25) is 5.91 Å². The molecule has 0 aliphatic heterocycles. The first-order valence-corrected chi connectivity index (χ1v) is 10.1. The van der Waals surface area contributed by atoms with E-state index in [-0.39, 0.29) is 11.5 Å². The van der Waals surface area contributed by atoms with E-state index < -0.39 is 0 Å². The number of benzene rings is 1. The van der Waals surface area contributed by atoms with Gasteiger partial charge in [-0.1, -0.05) is 12.1 Å². The van der Waals surface area contributed by atoms with E-state index in [0.717, 1.165) is 11.3 Å². The SMILES string of the molecule is Cc1cccc(OCCNC(=O)CSCc2cc(=O)n3ccsc3n2)c1. The summed E-state index contributed by atoms with van der Waals surface area (Å²) in [6, 6.07) is 9.31. The molecule has 3 aromatic rings. The number of nitrogens with one attached hydrogen (secondary N) is 1. The van der Waals surface area contributed by atoms with Crippen LogP contribution < -0.4 is 15.6 Å². The highest BCUT2D eigenvalue weighted by molar-refractivity contribution is 7.99. The third kappa shape index (κ3) is 5.09. The van der Waals surface area contributed by atoms with Crippen molar-refractivity contribution in [3.8, 4) is 5.75 Å². The third-order valence-corrected chi connectivity index (χ3v) is 5.24. The normalized spacial score (nSPS) is 10.8. The number of fused-ring (bicyclic) bond motifs is 1. The number of nitrogens with zero attached hydrogens (tertiary/aromatic N) is 2. The van der Waals surface area contributed by atoms with Gasteiger partial charge in [0.05, 0.1) is 18.0 Å². The van der Waals surface area contributed by atoms with Gasteiger partial charge in [0.25, 0.3) is 5.56 Å². The topological polar surface area (TPSA) is 72.7 Å². The number of rotatable bonds is 8. The van der Waals surface area contributed by atoms with Crippen molar-refractivity contribution >= 4 is 34.0 Å². The Labute approximate surface area is 159 Å². The van der Waals surface area contributed by atoms with E-state index in [9.17, 15) is 9.59 Å². The molecule has 0 bridgehead atoms. The van der Waals surface area contributed by atoms with Crippen LogP contribution in [0.3, 0.4) is 0 Å². The molecule has 0 unspecified atom stereocenters. The van der Waals surface area contributed by atoms with Crippen molar-refractivity contribution in [2.75, 3.05) is 18.9 Å². The van der Waals surface area contributed by atoms with E-state index in [1.165, 1.54) is 33.6 Å². The fourth-order valence-electron chi connectivity index (χ4n) is 2.33. The van der Waals surface area contributed by atoms with E-state index in [4.69, 9.17) is 4.74 Å². The molecule has 2 heterocycles. The van der Waals surface area contributed by atoms with Gasteiger partial charge in [-0.2, -0.15) is 0 Å². The summed E-state index contributed by atoms with van der Waals surface area (Å²) in [6.45, 7) is 2.88. The predicted molar refractivity (Wildman–Crippen MR) is 105 cm³/mol. The Balaban J connectivity index is 1.36. The number of carbonyl (C=O) groups is 1. The first-order chi connectivity index (χ1) is 12.6. The average molecular weight is 390 g/mol. The minimum Gasteiger partial charge on any atom is -0.492 e. The average Bonchev–Trinajstić information content (AvgIpc) is 3.08.